The number of piperidine rings is 1. The van der Waals surface area contributed by atoms with Crippen molar-refractivity contribution in [2.24, 2.45) is 7.05 Å². The van der Waals surface area contributed by atoms with Crippen LogP contribution < -0.4 is 0 Å². The average molecular weight is 323 g/mol. The molecule has 3 heterocycles. The molecule has 0 radical (unpaired) electrons. The highest BCUT2D eigenvalue weighted by Crippen LogP contribution is 2.27. The maximum atomic E-state index is 9.25. The normalized spacial score (nSPS) is 23.3. The molecule has 7 heteroatoms. The van der Waals surface area contributed by atoms with Gasteiger partial charge in [-0.3, -0.25) is 4.90 Å². The van der Waals surface area contributed by atoms with Crippen LogP contribution in [0.25, 0.3) is 0 Å². The van der Waals surface area contributed by atoms with E-state index in [1.165, 1.54) is 0 Å². The van der Waals surface area contributed by atoms with Crippen LogP contribution in [0.5, 0.6) is 0 Å². The molecule has 2 fully saturated rings. The molecule has 3 rings (SSSR count). The van der Waals surface area contributed by atoms with Gasteiger partial charge in [0.1, 0.15) is 12.4 Å². The van der Waals surface area contributed by atoms with Gasteiger partial charge in [0, 0.05) is 38.6 Å². The molecule has 2 saturated heterocycles. The quantitative estimate of drug-likeness (QED) is 0.835. The Balaban J connectivity index is 1.49. The van der Waals surface area contributed by atoms with Crippen LogP contribution in [0.4, 0.5) is 0 Å². The number of aromatic nitrogens is 3. The predicted molar refractivity (Wildman–Crippen MR) is 87.2 cm³/mol. The van der Waals surface area contributed by atoms with E-state index in [0.717, 1.165) is 64.6 Å². The molecule has 130 valence electrons. The Hall–Kier alpha value is -1.02. The summed E-state index contributed by atoms with van der Waals surface area (Å²) < 4.78 is 7.39. The summed E-state index contributed by atoms with van der Waals surface area (Å²) in [5, 5.41) is 17.6. The Morgan fingerprint density at radius 1 is 1.17 bits per heavy atom. The van der Waals surface area contributed by atoms with Gasteiger partial charge in [0.2, 0.25) is 0 Å². The molecule has 1 atom stereocenters. The third-order valence-corrected chi connectivity index (χ3v) is 5.28. The third-order valence-electron chi connectivity index (χ3n) is 5.28. The van der Waals surface area contributed by atoms with Gasteiger partial charge < -0.3 is 19.3 Å². The van der Waals surface area contributed by atoms with Gasteiger partial charge in [0.25, 0.3) is 0 Å². The number of rotatable bonds is 5. The average Bonchev–Trinajstić information content (AvgIpc) is 2.97. The van der Waals surface area contributed by atoms with E-state index in [4.69, 9.17) is 4.74 Å². The molecule has 0 amide bonds. The van der Waals surface area contributed by atoms with Crippen molar-refractivity contribution in [3.8, 4) is 0 Å². The topological polar surface area (TPSA) is 66.7 Å². The fourth-order valence-corrected chi connectivity index (χ4v) is 3.75. The van der Waals surface area contributed by atoms with Gasteiger partial charge in [-0.05, 0) is 32.9 Å². The number of aliphatic hydroxyl groups is 1. The molecular weight excluding hydrogens is 294 g/mol. The lowest BCUT2D eigenvalue weighted by Crippen LogP contribution is -2.48. The van der Waals surface area contributed by atoms with E-state index < -0.39 is 0 Å². The Labute approximate surface area is 138 Å². The fourth-order valence-electron chi connectivity index (χ4n) is 3.75. The van der Waals surface area contributed by atoms with Crippen molar-refractivity contribution in [1.82, 2.24) is 24.6 Å². The first-order valence-corrected chi connectivity index (χ1v) is 8.72. The number of likely N-dealkylation sites (tertiary alicyclic amines) is 1. The molecule has 2 aliphatic rings. The highest BCUT2D eigenvalue weighted by atomic mass is 16.5. The van der Waals surface area contributed by atoms with E-state index in [1.807, 2.05) is 11.6 Å². The van der Waals surface area contributed by atoms with E-state index >= 15 is 0 Å². The van der Waals surface area contributed by atoms with Crippen molar-refractivity contribution >= 4 is 0 Å². The largest absolute Gasteiger partial charge is 0.388 e. The first-order chi connectivity index (χ1) is 11.2. The maximum absolute atomic E-state index is 9.25. The van der Waals surface area contributed by atoms with Crippen LogP contribution in [0, 0.1) is 0 Å². The number of nitrogens with zero attached hydrogens (tertiary/aromatic N) is 5. The summed E-state index contributed by atoms with van der Waals surface area (Å²) in [5.41, 5.74) is 0. The highest BCUT2D eigenvalue weighted by molar-refractivity contribution is 5.02. The van der Waals surface area contributed by atoms with Gasteiger partial charge in [-0.2, -0.15) is 0 Å². The van der Waals surface area contributed by atoms with Gasteiger partial charge in [-0.1, -0.05) is 0 Å². The molecule has 0 bridgehead atoms. The standard InChI is InChI=1S/C16H29N5O2/c1-13(21-7-9-23-10-8-21)11-20-5-3-14(4-6-20)16-18-17-15(12-22)19(16)2/h13-14,22H,3-12H2,1-2H3. The lowest BCUT2D eigenvalue weighted by Gasteiger charge is -2.38. The van der Waals surface area contributed by atoms with Crippen LogP contribution in [0.15, 0.2) is 0 Å². The second-order valence-corrected chi connectivity index (χ2v) is 6.76. The van der Waals surface area contributed by atoms with Gasteiger partial charge >= 0.3 is 0 Å². The molecule has 23 heavy (non-hydrogen) atoms. The van der Waals surface area contributed by atoms with Crippen LogP contribution in [-0.4, -0.2) is 81.7 Å². The smallest absolute Gasteiger partial charge is 0.158 e. The van der Waals surface area contributed by atoms with Gasteiger partial charge in [-0.15, -0.1) is 10.2 Å². The number of hydrogen-bond acceptors (Lipinski definition) is 6. The van der Waals surface area contributed by atoms with Crippen molar-refractivity contribution < 1.29 is 9.84 Å². The van der Waals surface area contributed by atoms with E-state index in [1.54, 1.807) is 0 Å². The molecule has 1 unspecified atom stereocenters. The fraction of sp³-hybridized carbons (Fsp3) is 0.875. The molecule has 0 aromatic carbocycles. The van der Waals surface area contributed by atoms with E-state index in [2.05, 4.69) is 26.9 Å². The van der Waals surface area contributed by atoms with Gasteiger partial charge in [-0.25, -0.2) is 0 Å². The van der Waals surface area contributed by atoms with Crippen molar-refractivity contribution in [2.75, 3.05) is 45.9 Å². The Morgan fingerprint density at radius 2 is 1.87 bits per heavy atom. The summed E-state index contributed by atoms with van der Waals surface area (Å²) in [6, 6.07) is 0.589. The summed E-state index contributed by atoms with van der Waals surface area (Å²) >= 11 is 0. The van der Waals surface area contributed by atoms with Crippen molar-refractivity contribution in [3.05, 3.63) is 11.6 Å². The van der Waals surface area contributed by atoms with Crippen LogP contribution in [-0.2, 0) is 18.4 Å². The van der Waals surface area contributed by atoms with E-state index in [-0.39, 0.29) is 6.61 Å². The molecule has 1 aromatic rings. The SMILES string of the molecule is CC(CN1CCC(c2nnc(CO)n2C)CC1)N1CCOCC1. The first-order valence-electron chi connectivity index (χ1n) is 8.72. The second-order valence-electron chi connectivity index (χ2n) is 6.76. The number of morpholine rings is 1. The zero-order valence-electron chi connectivity index (χ0n) is 14.3. The van der Waals surface area contributed by atoms with Crippen molar-refractivity contribution in [3.63, 3.8) is 0 Å². The van der Waals surface area contributed by atoms with Gasteiger partial charge in [0.15, 0.2) is 5.82 Å². The summed E-state index contributed by atoms with van der Waals surface area (Å²) in [5.74, 6) is 2.14. The summed E-state index contributed by atoms with van der Waals surface area (Å²) in [7, 11) is 1.95. The van der Waals surface area contributed by atoms with Crippen LogP contribution in [0.2, 0.25) is 0 Å². The monoisotopic (exact) mass is 323 g/mol. The van der Waals surface area contributed by atoms with Crippen molar-refractivity contribution in [1.29, 1.82) is 0 Å². The zero-order chi connectivity index (χ0) is 16.2. The van der Waals surface area contributed by atoms with Crippen LogP contribution in [0.1, 0.15) is 37.3 Å². The minimum absolute atomic E-state index is 0.0423. The van der Waals surface area contributed by atoms with Crippen LogP contribution in [0.3, 0.4) is 0 Å². The lowest BCUT2D eigenvalue weighted by atomic mass is 9.95. The Kier molecular flexibility index (Phi) is 5.63. The van der Waals surface area contributed by atoms with E-state index in [9.17, 15) is 5.11 Å². The number of ether oxygens (including phenoxy) is 1. The summed E-state index contributed by atoms with van der Waals surface area (Å²) in [4.78, 5) is 5.10. The predicted octanol–water partition coefficient (Wildman–Crippen LogP) is 0.208. The van der Waals surface area contributed by atoms with Crippen LogP contribution >= 0.6 is 0 Å². The van der Waals surface area contributed by atoms with E-state index in [0.29, 0.717) is 17.8 Å². The number of hydrogen-bond donors (Lipinski definition) is 1. The Bertz CT molecular complexity index is 493. The minimum atomic E-state index is -0.0423. The number of aliphatic hydroxyl groups excluding tert-OH is 1. The first kappa shape index (κ1) is 16.8. The summed E-state index contributed by atoms with van der Waals surface area (Å²) in [6.45, 7) is 9.49. The zero-order valence-corrected chi connectivity index (χ0v) is 14.3. The summed E-state index contributed by atoms with van der Waals surface area (Å²) in [6.07, 6.45) is 2.24. The van der Waals surface area contributed by atoms with Crippen molar-refractivity contribution in [2.45, 2.75) is 38.3 Å². The third kappa shape index (κ3) is 3.91. The second kappa shape index (κ2) is 7.70. The molecule has 0 saturated carbocycles. The lowest BCUT2D eigenvalue weighted by molar-refractivity contribution is 0.0106. The molecule has 1 aromatic heterocycles. The molecule has 0 spiro atoms. The highest BCUT2D eigenvalue weighted by Gasteiger charge is 2.27. The molecule has 2 aliphatic heterocycles. The Morgan fingerprint density at radius 3 is 2.48 bits per heavy atom. The minimum Gasteiger partial charge on any atom is -0.388 e. The van der Waals surface area contributed by atoms with Gasteiger partial charge in [0.05, 0.1) is 13.2 Å². The molecule has 0 aliphatic carbocycles. The molecular formula is C16H29N5O2. The molecule has 7 nitrogen and oxygen atoms in total. The maximum Gasteiger partial charge on any atom is 0.158 e. The molecule has 1 N–H and O–H groups in total.